The van der Waals surface area contributed by atoms with Gasteiger partial charge in [0.2, 0.25) is 5.91 Å². The van der Waals surface area contributed by atoms with Crippen LogP contribution in [-0.2, 0) is 11.2 Å². The van der Waals surface area contributed by atoms with Crippen LogP contribution in [0.15, 0.2) is 24.3 Å². The second-order valence-electron chi connectivity index (χ2n) is 6.25. The summed E-state index contributed by atoms with van der Waals surface area (Å²) in [6.07, 6.45) is 1.16. The summed E-state index contributed by atoms with van der Waals surface area (Å²) in [6.45, 7) is 1.30. The molecule has 4 nitrogen and oxygen atoms in total. The van der Waals surface area contributed by atoms with Crippen LogP contribution in [0.2, 0.25) is 0 Å². The zero-order valence-electron chi connectivity index (χ0n) is 12.1. The maximum atomic E-state index is 12.7. The van der Waals surface area contributed by atoms with E-state index in [4.69, 9.17) is 0 Å². The van der Waals surface area contributed by atoms with E-state index in [1.807, 2.05) is 31.1 Å². The number of hydrogen-bond acceptors (Lipinski definition) is 3. The first-order valence-corrected chi connectivity index (χ1v) is 7.27. The summed E-state index contributed by atoms with van der Waals surface area (Å²) in [5.74, 6) is 0.188. The molecule has 4 heteroatoms. The predicted octanol–water partition coefficient (Wildman–Crippen LogP) is 0.850. The molecule has 3 unspecified atom stereocenters. The molecule has 1 fully saturated rings. The van der Waals surface area contributed by atoms with E-state index in [2.05, 4.69) is 17.0 Å². The molecule has 3 rings (SSSR count). The van der Waals surface area contributed by atoms with Crippen molar-refractivity contribution in [2.45, 2.75) is 30.9 Å². The van der Waals surface area contributed by atoms with Gasteiger partial charge < -0.3 is 14.9 Å². The van der Waals surface area contributed by atoms with Crippen LogP contribution in [0.3, 0.4) is 0 Å². The third-order valence-electron chi connectivity index (χ3n) is 4.40. The third kappa shape index (κ3) is 2.34. The Hall–Kier alpha value is -1.39. The van der Waals surface area contributed by atoms with E-state index in [-0.39, 0.29) is 24.0 Å². The molecule has 0 bridgehead atoms. The number of aliphatic hydroxyl groups is 1. The number of hydrogen-bond donors (Lipinski definition) is 1. The molecular weight excluding hydrogens is 252 g/mol. The lowest BCUT2D eigenvalue weighted by Gasteiger charge is -2.35. The molecule has 1 heterocycles. The monoisotopic (exact) mass is 274 g/mol. The smallest absolute Gasteiger partial charge is 0.230 e. The van der Waals surface area contributed by atoms with Crippen LogP contribution in [-0.4, -0.2) is 60.1 Å². The first kappa shape index (κ1) is 13.6. The van der Waals surface area contributed by atoms with Crippen LogP contribution in [0.25, 0.3) is 0 Å². The molecule has 1 aliphatic heterocycles. The fourth-order valence-corrected chi connectivity index (χ4v) is 3.44. The van der Waals surface area contributed by atoms with Crippen molar-refractivity contribution in [3.63, 3.8) is 0 Å². The Morgan fingerprint density at radius 1 is 1.40 bits per heavy atom. The van der Waals surface area contributed by atoms with Gasteiger partial charge >= 0.3 is 0 Å². The summed E-state index contributed by atoms with van der Waals surface area (Å²) in [5.41, 5.74) is 2.46. The van der Waals surface area contributed by atoms with Gasteiger partial charge in [0.1, 0.15) is 0 Å². The highest BCUT2D eigenvalue weighted by Crippen LogP contribution is 2.37. The van der Waals surface area contributed by atoms with Crippen molar-refractivity contribution >= 4 is 5.91 Å². The highest BCUT2D eigenvalue weighted by molar-refractivity contribution is 5.87. The number of β-amino-alcohol motifs (C(OH)–C–C–N with tert-alkyl or cyclic N) is 1. The van der Waals surface area contributed by atoms with Crippen molar-refractivity contribution in [2.75, 3.05) is 27.2 Å². The molecule has 1 N–H and O–H groups in total. The van der Waals surface area contributed by atoms with Crippen molar-refractivity contribution in [1.82, 2.24) is 9.80 Å². The van der Waals surface area contributed by atoms with Gasteiger partial charge in [0.05, 0.1) is 12.0 Å². The van der Waals surface area contributed by atoms with Crippen molar-refractivity contribution in [3.05, 3.63) is 35.4 Å². The minimum atomic E-state index is -0.376. The van der Waals surface area contributed by atoms with E-state index in [1.54, 1.807) is 0 Å². The number of benzene rings is 1. The number of carbonyl (C=O) groups is 1. The maximum Gasteiger partial charge on any atom is 0.230 e. The number of amides is 1. The van der Waals surface area contributed by atoms with Crippen molar-refractivity contribution in [1.29, 1.82) is 0 Å². The minimum absolute atomic E-state index is 0.00108. The molecule has 2 aliphatic rings. The largest absolute Gasteiger partial charge is 0.391 e. The fraction of sp³-hybridized carbons (Fsp3) is 0.562. The first-order valence-electron chi connectivity index (χ1n) is 7.27. The Kier molecular flexibility index (Phi) is 3.52. The van der Waals surface area contributed by atoms with Crippen LogP contribution < -0.4 is 0 Å². The molecule has 0 saturated carbocycles. The van der Waals surface area contributed by atoms with Crippen LogP contribution in [0.1, 0.15) is 23.5 Å². The van der Waals surface area contributed by atoms with E-state index in [1.165, 1.54) is 11.1 Å². The minimum Gasteiger partial charge on any atom is -0.391 e. The number of fused-ring (bicyclic) bond motifs is 1. The third-order valence-corrected chi connectivity index (χ3v) is 4.40. The molecule has 1 aromatic carbocycles. The summed E-state index contributed by atoms with van der Waals surface area (Å²) in [7, 11) is 4.01. The van der Waals surface area contributed by atoms with Crippen LogP contribution in [0.4, 0.5) is 0 Å². The Morgan fingerprint density at radius 3 is 2.85 bits per heavy atom. The van der Waals surface area contributed by atoms with E-state index < -0.39 is 0 Å². The van der Waals surface area contributed by atoms with Crippen LogP contribution in [0.5, 0.6) is 0 Å². The van der Waals surface area contributed by atoms with Gasteiger partial charge in [0, 0.05) is 19.1 Å². The van der Waals surface area contributed by atoms with Crippen LogP contribution in [0, 0.1) is 0 Å². The Morgan fingerprint density at radius 2 is 2.15 bits per heavy atom. The highest BCUT2D eigenvalue weighted by atomic mass is 16.3. The molecule has 108 valence electrons. The molecule has 0 aromatic heterocycles. The molecule has 3 atom stereocenters. The van der Waals surface area contributed by atoms with Gasteiger partial charge in [0.15, 0.2) is 0 Å². The highest BCUT2D eigenvalue weighted by Gasteiger charge is 2.41. The van der Waals surface area contributed by atoms with Crippen LogP contribution >= 0.6 is 0 Å². The lowest BCUT2D eigenvalue weighted by Crippen LogP contribution is -2.45. The van der Waals surface area contributed by atoms with Gasteiger partial charge in [-0.05, 0) is 38.1 Å². The van der Waals surface area contributed by atoms with Gasteiger partial charge in [-0.1, -0.05) is 24.3 Å². The topological polar surface area (TPSA) is 43.8 Å². The molecule has 0 radical (unpaired) electrons. The SMILES string of the molecule is CN(C)CC1CC(O)CN1C(=O)C1Cc2ccccc21. The number of likely N-dealkylation sites (N-methyl/N-ethyl adjacent to an activating group) is 1. The molecule has 20 heavy (non-hydrogen) atoms. The summed E-state index contributed by atoms with van der Waals surface area (Å²) < 4.78 is 0. The predicted molar refractivity (Wildman–Crippen MR) is 77.6 cm³/mol. The Labute approximate surface area is 120 Å². The maximum absolute atomic E-state index is 12.7. The normalized spacial score (nSPS) is 28.4. The lowest BCUT2D eigenvalue weighted by molar-refractivity contribution is -0.134. The quantitative estimate of drug-likeness (QED) is 0.888. The summed E-state index contributed by atoms with van der Waals surface area (Å²) in [5, 5.41) is 9.89. The molecule has 1 aromatic rings. The van der Waals surface area contributed by atoms with Crippen molar-refractivity contribution in [3.8, 4) is 0 Å². The number of likely N-dealkylation sites (tertiary alicyclic amines) is 1. The Balaban J connectivity index is 1.74. The summed E-state index contributed by atoms with van der Waals surface area (Å²) >= 11 is 0. The van der Waals surface area contributed by atoms with Gasteiger partial charge in [-0.25, -0.2) is 0 Å². The number of aliphatic hydroxyl groups excluding tert-OH is 1. The average molecular weight is 274 g/mol. The number of rotatable bonds is 3. The Bertz CT molecular complexity index is 515. The average Bonchev–Trinajstić information content (AvgIpc) is 2.70. The summed E-state index contributed by atoms with van der Waals surface area (Å²) in [4.78, 5) is 16.7. The van der Waals surface area contributed by atoms with E-state index in [9.17, 15) is 9.90 Å². The van der Waals surface area contributed by atoms with Crippen molar-refractivity contribution in [2.24, 2.45) is 0 Å². The number of nitrogens with zero attached hydrogens (tertiary/aromatic N) is 2. The van der Waals surface area contributed by atoms with Gasteiger partial charge in [-0.2, -0.15) is 0 Å². The zero-order chi connectivity index (χ0) is 14.3. The molecule has 1 saturated heterocycles. The van der Waals surface area contributed by atoms with Gasteiger partial charge in [-0.3, -0.25) is 4.79 Å². The first-order chi connectivity index (χ1) is 9.56. The number of carbonyl (C=O) groups excluding carboxylic acids is 1. The molecule has 0 spiro atoms. The van der Waals surface area contributed by atoms with Crippen molar-refractivity contribution < 1.29 is 9.90 Å². The fourth-order valence-electron chi connectivity index (χ4n) is 3.44. The van der Waals surface area contributed by atoms with Gasteiger partial charge in [-0.15, -0.1) is 0 Å². The lowest BCUT2D eigenvalue weighted by atomic mass is 9.77. The summed E-state index contributed by atoms with van der Waals surface area (Å²) in [6, 6.07) is 8.30. The van der Waals surface area contributed by atoms with E-state index in [0.29, 0.717) is 13.0 Å². The standard InChI is InChI=1S/C16H22N2O2/c1-17(2)9-12-8-13(19)10-18(12)16(20)15-7-11-5-3-4-6-14(11)15/h3-6,12-13,15,19H,7-10H2,1-2H3. The van der Waals surface area contributed by atoms with E-state index in [0.717, 1.165) is 13.0 Å². The van der Waals surface area contributed by atoms with E-state index >= 15 is 0 Å². The second-order valence-corrected chi connectivity index (χ2v) is 6.25. The van der Waals surface area contributed by atoms with Gasteiger partial charge in [0.25, 0.3) is 0 Å². The zero-order valence-corrected chi connectivity index (χ0v) is 12.1. The molecule has 1 aliphatic carbocycles. The molecule has 1 amide bonds. The molecular formula is C16H22N2O2. The second kappa shape index (κ2) is 5.19.